The molecule has 0 aliphatic rings. The highest BCUT2D eigenvalue weighted by Crippen LogP contribution is 2.15. The molecule has 3 N–H and O–H groups in total. The Morgan fingerprint density at radius 2 is 1.95 bits per heavy atom. The van der Waals surface area contributed by atoms with E-state index in [2.05, 4.69) is 10.6 Å². The molecule has 20 heavy (non-hydrogen) atoms. The molecule has 0 heterocycles. The molecule has 0 bridgehead atoms. The quantitative estimate of drug-likeness (QED) is 0.750. The van der Waals surface area contributed by atoms with E-state index in [4.69, 9.17) is 5.11 Å². The van der Waals surface area contributed by atoms with Gasteiger partial charge < -0.3 is 15.7 Å². The van der Waals surface area contributed by atoms with Crippen LogP contribution in [0.15, 0.2) is 24.3 Å². The van der Waals surface area contributed by atoms with Gasteiger partial charge in [-0.15, -0.1) is 0 Å². The summed E-state index contributed by atoms with van der Waals surface area (Å²) in [6, 6.07) is 4.00. The van der Waals surface area contributed by atoms with Gasteiger partial charge in [-0.3, -0.25) is 0 Å². The number of carbonyl (C=O) groups excluding carboxylic acids is 1. The average Bonchev–Trinajstić information content (AvgIpc) is 2.38. The minimum absolute atomic E-state index is 0.344. The van der Waals surface area contributed by atoms with Gasteiger partial charge >= 0.3 is 12.0 Å². The van der Waals surface area contributed by atoms with E-state index in [9.17, 15) is 14.0 Å². The first-order valence-corrected chi connectivity index (χ1v) is 6.50. The number of amides is 2. The Kier molecular flexibility index (Phi) is 5.96. The molecule has 6 heteroatoms. The third kappa shape index (κ3) is 4.53. The van der Waals surface area contributed by atoms with E-state index in [0.29, 0.717) is 18.4 Å². The Morgan fingerprint density at radius 3 is 2.50 bits per heavy atom. The number of hydrogen-bond acceptors (Lipinski definition) is 2. The van der Waals surface area contributed by atoms with Gasteiger partial charge in [-0.25, -0.2) is 14.0 Å². The van der Waals surface area contributed by atoms with Crippen LogP contribution >= 0.6 is 0 Å². The number of rotatable bonds is 6. The van der Waals surface area contributed by atoms with Crippen LogP contribution in [0.3, 0.4) is 0 Å². The van der Waals surface area contributed by atoms with Gasteiger partial charge in [-0.1, -0.05) is 31.5 Å². The van der Waals surface area contributed by atoms with E-state index in [1.54, 1.807) is 25.1 Å². The molecule has 0 saturated heterocycles. The van der Waals surface area contributed by atoms with E-state index < -0.39 is 29.9 Å². The molecule has 0 aliphatic heterocycles. The van der Waals surface area contributed by atoms with Crippen molar-refractivity contribution in [3.63, 3.8) is 0 Å². The molecule has 0 radical (unpaired) electrons. The van der Waals surface area contributed by atoms with Crippen LogP contribution in [0, 0.1) is 5.82 Å². The minimum Gasteiger partial charge on any atom is -0.480 e. The molecule has 0 fully saturated rings. The molecular weight excluding hydrogens is 263 g/mol. The SMILES string of the molecule is CCC[C@@H](NC(=O)NC(C)c1ccccc1F)C(=O)O. The van der Waals surface area contributed by atoms with Gasteiger partial charge in [0.05, 0.1) is 6.04 Å². The maximum atomic E-state index is 13.5. The molecule has 1 aromatic rings. The Balaban J connectivity index is 2.62. The Labute approximate surface area is 117 Å². The highest BCUT2D eigenvalue weighted by Gasteiger charge is 2.20. The summed E-state index contributed by atoms with van der Waals surface area (Å²) in [6.07, 6.45) is 0.983. The molecule has 5 nitrogen and oxygen atoms in total. The molecule has 1 unspecified atom stereocenters. The summed E-state index contributed by atoms with van der Waals surface area (Å²) in [5.74, 6) is -1.50. The largest absolute Gasteiger partial charge is 0.480 e. The van der Waals surface area contributed by atoms with Crippen LogP contribution in [-0.2, 0) is 4.79 Å². The zero-order valence-corrected chi connectivity index (χ0v) is 11.5. The Morgan fingerprint density at radius 1 is 1.30 bits per heavy atom. The van der Waals surface area contributed by atoms with Gasteiger partial charge in [0.1, 0.15) is 11.9 Å². The molecule has 0 spiro atoms. The summed E-state index contributed by atoms with van der Waals surface area (Å²) in [5.41, 5.74) is 0.352. The number of halogens is 1. The molecule has 110 valence electrons. The van der Waals surface area contributed by atoms with Crippen LogP contribution in [0.25, 0.3) is 0 Å². The monoisotopic (exact) mass is 282 g/mol. The van der Waals surface area contributed by atoms with E-state index >= 15 is 0 Å². The van der Waals surface area contributed by atoms with Gasteiger partial charge in [-0.2, -0.15) is 0 Å². The third-order valence-corrected chi connectivity index (χ3v) is 2.90. The smallest absolute Gasteiger partial charge is 0.326 e. The second-order valence-electron chi connectivity index (χ2n) is 4.54. The lowest BCUT2D eigenvalue weighted by molar-refractivity contribution is -0.139. The minimum atomic E-state index is -1.08. The fraction of sp³-hybridized carbons (Fsp3) is 0.429. The van der Waals surface area contributed by atoms with Gasteiger partial charge in [0, 0.05) is 5.56 Å². The molecular formula is C14H19FN2O3. The number of aliphatic carboxylic acids is 1. The van der Waals surface area contributed by atoms with E-state index in [1.165, 1.54) is 6.07 Å². The van der Waals surface area contributed by atoms with Crippen LogP contribution in [0.2, 0.25) is 0 Å². The van der Waals surface area contributed by atoms with Crippen molar-refractivity contribution >= 4 is 12.0 Å². The second kappa shape index (κ2) is 7.47. The summed E-state index contributed by atoms with van der Waals surface area (Å²) < 4.78 is 13.5. The van der Waals surface area contributed by atoms with Crippen molar-refractivity contribution in [1.82, 2.24) is 10.6 Å². The van der Waals surface area contributed by atoms with Crippen molar-refractivity contribution in [2.45, 2.75) is 38.8 Å². The number of carboxylic acids is 1. The summed E-state index contributed by atoms with van der Waals surface area (Å²) in [7, 11) is 0. The van der Waals surface area contributed by atoms with Crippen LogP contribution in [0.4, 0.5) is 9.18 Å². The molecule has 0 aliphatic carbocycles. The number of carbonyl (C=O) groups is 2. The lowest BCUT2D eigenvalue weighted by atomic mass is 10.1. The summed E-state index contributed by atoms with van der Waals surface area (Å²) in [4.78, 5) is 22.7. The number of hydrogen-bond donors (Lipinski definition) is 3. The first kappa shape index (κ1) is 15.9. The number of benzene rings is 1. The van der Waals surface area contributed by atoms with E-state index in [-0.39, 0.29) is 0 Å². The van der Waals surface area contributed by atoms with Crippen molar-refractivity contribution < 1.29 is 19.1 Å². The maximum Gasteiger partial charge on any atom is 0.326 e. The molecule has 2 amide bonds. The van der Waals surface area contributed by atoms with Crippen molar-refractivity contribution in [3.8, 4) is 0 Å². The highest BCUT2D eigenvalue weighted by molar-refractivity contribution is 5.82. The predicted octanol–water partition coefficient (Wildman–Crippen LogP) is 2.44. The average molecular weight is 282 g/mol. The van der Waals surface area contributed by atoms with Crippen molar-refractivity contribution in [1.29, 1.82) is 0 Å². The highest BCUT2D eigenvalue weighted by atomic mass is 19.1. The Hall–Kier alpha value is -2.11. The van der Waals surface area contributed by atoms with Gasteiger partial charge in [0.25, 0.3) is 0 Å². The summed E-state index contributed by atoms with van der Waals surface area (Å²) in [5, 5.41) is 13.8. The molecule has 0 saturated carbocycles. The van der Waals surface area contributed by atoms with Gasteiger partial charge in [0.2, 0.25) is 0 Å². The number of urea groups is 1. The third-order valence-electron chi connectivity index (χ3n) is 2.90. The molecule has 2 atom stereocenters. The zero-order valence-electron chi connectivity index (χ0n) is 11.5. The van der Waals surface area contributed by atoms with Crippen LogP contribution in [0.1, 0.15) is 38.3 Å². The molecule has 1 aromatic carbocycles. The lowest BCUT2D eigenvalue weighted by Gasteiger charge is -2.18. The summed E-state index contributed by atoms with van der Waals surface area (Å²) in [6.45, 7) is 3.46. The zero-order chi connectivity index (χ0) is 15.1. The van der Waals surface area contributed by atoms with E-state index in [1.807, 2.05) is 6.92 Å². The van der Waals surface area contributed by atoms with Crippen molar-refractivity contribution in [3.05, 3.63) is 35.6 Å². The second-order valence-corrected chi connectivity index (χ2v) is 4.54. The first-order valence-electron chi connectivity index (χ1n) is 6.50. The normalized spacial score (nSPS) is 13.3. The number of nitrogens with one attached hydrogen (secondary N) is 2. The molecule has 1 rings (SSSR count). The van der Waals surface area contributed by atoms with Crippen molar-refractivity contribution in [2.24, 2.45) is 0 Å². The fourth-order valence-electron chi connectivity index (χ4n) is 1.85. The lowest BCUT2D eigenvalue weighted by Crippen LogP contribution is -2.46. The first-order chi connectivity index (χ1) is 9.45. The van der Waals surface area contributed by atoms with Crippen LogP contribution < -0.4 is 10.6 Å². The predicted molar refractivity (Wildman–Crippen MR) is 72.8 cm³/mol. The topological polar surface area (TPSA) is 78.4 Å². The molecule has 0 aromatic heterocycles. The maximum absolute atomic E-state index is 13.5. The van der Waals surface area contributed by atoms with Crippen molar-refractivity contribution in [2.75, 3.05) is 0 Å². The number of carboxylic acid groups (broad SMARTS) is 1. The summed E-state index contributed by atoms with van der Waals surface area (Å²) >= 11 is 0. The van der Waals surface area contributed by atoms with Crippen LogP contribution in [-0.4, -0.2) is 23.1 Å². The van der Waals surface area contributed by atoms with Crippen LogP contribution in [0.5, 0.6) is 0 Å². The standard InChI is InChI=1S/C14H19FN2O3/c1-3-6-12(13(18)19)17-14(20)16-9(2)10-7-4-5-8-11(10)15/h4-5,7-9,12H,3,6H2,1-2H3,(H,18,19)(H2,16,17,20)/t9?,12-/m1/s1. The Bertz CT molecular complexity index is 479. The fourth-order valence-corrected chi connectivity index (χ4v) is 1.85. The van der Waals surface area contributed by atoms with E-state index in [0.717, 1.165) is 0 Å². The van der Waals surface area contributed by atoms with Gasteiger partial charge in [-0.05, 0) is 19.4 Å². The van der Waals surface area contributed by atoms with Gasteiger partial charge in [0.15, 0.2) is 0 Å².